The van der Waals surface area contributed by atoms with Gasteiger partial charge in [-0.1, -0.05) is 61.0 Å². The summed E-state index contributed by atoms with van der Waals surface area (Å²) in [5.41, 5.74) is 2.80. The summed E-state index contributed by atoms with van der Waals surface area (Å²) in [4.78, 5) is 29.0. The average Bonchev–Trinajstić information content (AvgIpc) is 3.24. The number of hydrogen-bond acceptors (Lipinski definition) is 5. The lowest BCUT2D eigenvalue weighted by Gasteiger charge is -2.13. The molecular weight excluding hydrogens is 382 g/mol. The highest BCUT2D eigenvalue weighted by Gasteiger charge is 2.15. The molecule has 0 fully saturated rings. The molecule has 0 bridgehead atoms. The standard InChI is InChI=1S/C23H21N3O4/c1-2-3-8-20-24-21-19(14-30-25-21)22(27)26(20)13-15-9-11-16(12-10-15)17-6-4-5-7-18(17)23(28)29/h4-7,9-12,14H,2-3,8,13H2,1H3,(H,28,29). The molecule has 0 saturated heterocycles. The molecule has 152 valence electrons. The minimum atomic E-state index is -0.963. The molecule has 2 aromatic carbocycles. The molecule has 1 N–H and O–H groups in total. The first kappa shape index (κ1) is 19.6. The summed E-state index contributed by atoms with van der Waals surface area (Å²) in [6.45, 7) is 2.46. The Morgan fingerprint density at radius 2 is 1.90 bits per heavy atom. The van der Waals surface area contributed by atoms with E-state index in [-0.39, 0.29) is 11.1 Å². The van der Waals surface area contributed by atoms with Gasteiger partial charge in [0.2, 0.25) is 5.65 Å². The largest absolute Gasteiger partial charge is 0.478 e. The van der Waals surface area contributed by atoms with E-state index in [1.54, 1.807) is 22.8 Å². The van der Waals surface area contributed by atoms with Gasteiger partial charge in [-0.25, -0.2) is 9.78 Å². The Balaban J connectivity index is 1.69. The number of aromatic nitrogens is 3. The number of rotatable bonds is 7. The fraction of sp³-hybridized carbons (Fsp3) is 0.217. The van der Waals surface area contributed by atoms with Crippen molar-refractivity contribution >= 4 is 17.0 Å². The highest BCUT2D eigenvalue weighted by atomic mass is 16.5. The van der Waals surface area contributed by atoms with Crippen molar-refractivity contribution in [2.45, 2.75) is 32.7 Å². The summed E-state index contributed by atoms with van der Waals surface area (Å²) in [5, 5.41) is 13.6. The number of carboxylic acids is 1. The lowest BCUT2D eigenvalue weighted by atomic mass is 9.99. The average molecular weight is 403 g/mol. The molecule has 0 saturated carbocycles. The van der Waals surface area contributed by atoms with E-state index in [0.29, 0.717) is 35.4 Å². The zero-order chi connectivity index (χ0) is 21.1. The van der Waals surface area contributed by atoms with E-state index in [1.165, 1.54) is 6.26 Å². The van der Waals surface area contributed by atoms with Crippen LogP contribution >= 0.6 is 0 Å². The Morgan fingerprint density at radius 3 is 2.63 bits per heavy atom. The van der Waals surface area contributed by atoms with E-state index in [0.717, 1.165) is 24.0 Å². The monoisotopic (exact) mass is 403 g/mol. The van der Waals surface area contributed by atoms with E-state index >= 15 is 0 Å². The fourth-order valence-corrected chi connectivity index (χ4v) is 3.49. The number of carbonyl (C=O) groups is 1. The predicted octanol–water partition coefficient (Wildman–Crippen LogP) is 4.14. The van der Waals surface area contributed by atoms with E-state index in [4.69, 9.17) is 4.52 Å². The van der Waals surface area contributed by atoms with Gasteiger partial charge in [0.25, 0.3) is 5.56 Å². The van der Waals surface area contributed by atoms with Crippen molar-refractivity contribution in [2.24, 2.45) is 0 Å². The first-order chi connectivity index (χ1) is 14.6. The van der Waals surface area contributed by atoms with Gasteiger partial charge in [-0.2, -0.15) is 0 Å². The van der Waals surface area contributed by atoms with Crippen LogP contribution in [0.3, 0.4) is 0 Å². The van der Waals surface area contributed by atoms with Gasteiger partial charge in [0, 0.05) is 6.42 Å². The summed E-state index contributed by atoms with van der Waals surface area (Å²) in [5.74, 6) is -0.279. The molecule has 7 heteroatoms. The van der Waals surface area contributed by atoms with Crippen molar-refractivity contribution in [1.29, 1.82) is 0 Å². The molecule has 0 amide bonds. The van der Waals surface area contributed by atoms with Crippen LogP contribution in [0.15, 0.2) is 64.1 Å². The van der Waals surface area contributed by atoms with Crippen LogP contribution in [-0.2, 0) is 13.0 Å². The van der Waals surface area contributed by atoms with E-state index < -0.39 is 5.97 Å². The number of benzene rings is 2. The number of nitrogens with zero attached hydrogens (tertiary/aromatic N) is 3. The summed E-state index contributed by atoms with van der Waals surface area (Å²) in [7, 11) is 0. The number of carboxylic acid groups (broad SMARTS) is 1. The van der Waals surface area contributed by atoms with Crippen LogP contribution in [-0.4, -0.2) is 25.8 Å². The molecule has 0 aliphatic carbocycles. The second kappa shape index (κ2) is 8.32. The normalized spacial score (nSPS) is 11.1. The molecular formula is C23H21N3O4. The Kier molecular flexibility index (Phi) is 5.43. The van der Waals surface area contributed by atoms with Gasteiger partial charge in [0.05, 0.1) is 12.1 Å². The molecule has 4 aromatic rings. The van der Waals surface area contributed by atoms with E-state index in [1.807, 2.05) is 30.3 Å². The maximum atomic E-state index is 12.9. The van der Waals surface area contributed by atoms with Crippen molar-refractivity contribution in [3.63, 3.8) is 0 Å². The first-order valence-electron chi connectivity index (χ1n) is 9.84. The van der Waals surface area contributed by atoms with Gasteiger partial charge in [-0.3, -0.25) is 9.36 Å². The molecule has 2 heterocycles. The highest BCUT2D eigenvalue weighted by molar-refractivity contribution is 5.96. The van der Waals surface area contributed by atoms with Crippen LogP contribution < -0.4 is 5.56 Å². The van der Waals surface area contributed by atoms with E-state index in [2.05, 4.69) is 17.1 Å². The summed E-state index contributed by atoms with van der Waals surface area (Å²) < 4.78 is 6.59. The molecule has 4 rings (SSSR count). The number of fused-ring (bicyclic) bond motifs is 1. The third-order valence-electron chi connectivity index (χ3n) is 5.09. The predicted molar refractivity (Wildman–Crippen MR) is 113 cm³/mol. The molecule has 7 nitrogen and oxygen atoms in total. The quantitative estimate of drug-likeness (QED) is 0.498. The second-order valence-electron chi connectivity index (χ2n) is 7.12. The maximum absolute atomic E-state index is 12.9. The number of aryl methyl sites for hydroxylation is 1. The van der Waals surface area contributed by atoms with Gasteiger partial charge < -0.3 is 9.63 Å². The van der Waals surface area contributed by atoms with Gasteiger partial charge in [-0.05, 0) is 29.2 Å². The molecule has 0 spiro atoms. The lowest BCUT2D eigenvalue weighted by Crippen LogP contribution is -2.25. The van der Waals surface area contributed by atoms with Crippen LogP contribution in [0.1, 0.15) is 41.5 Å². The van der Waals surface area contributed by atoms with Gasteiger partial charge in [0.1, 0.15) is 17.5 Å². The van der Waals surface area contributed by atoms with Crippen molar-refractivity contribution in [3.05, 3.63) is 82.1 Å². The molecule has 2 aromatic heterocycles. The molecule has 0 atom stereocenters. The summed E-state index contributed by atoms with van der Waals surface area (Å²) in [6, 6.07) is 14.5. The number of unbranched alkanes of at least 4 members (excludes halogenated alkanes) is 1. The fourth-order valence-electron chi connectivity index (χ4n) is 3.49. The molecule has 30 heavy (non-hydrogen) atoms. The number of aromatic carboxylic acids is 1. The Labute approximate surface area is 172 Å². The van der Waals surface area contributed by atoms with E-state index in [9.17, 15) is 14.7 Å². The summed E-state index contributed by atoms with van der Waals surface area (Å²) >= 11 is 0. The Bertz CT molecular complexity index is 1260. The zero-order valence-electron chi connectivity index (χ0n) is 16.5. The molecule has 0 radical (unpaired) electrons. The molecule has 0 aliphatic heterocycles. The van der Waals surface area contributed by atoms with Crippen molar-refractivity contribution in [3.8, 4) is 11.1 Å². The van der Waals surface area contributed by atoms with Crippen LogP contribution in [0.5, 0.6) is 0 Å². The Morgan fingerprint density at radius 1 is 1.13 bits per heavy atom. The minimum Gasteiger partial charge on any atom is -0.478 e. The summed E-state index contributed by atoms with van der Waals surface area (Å²) in [6.07, 6.45) is 3.92. The van der Waals surface area contributed by atoms with Crippen molar-refractivity contribution in [2.75, 3.05) is 0 Å². The van der Waals surface area contributed by atoms with Crippen LogP contribution in [0.4, 0.5) is 0 Å². The lowest BCUT2D eigenvalue weighted by molar-refractivity contribution is 0.0697. The third kappa shape index (κ3) is 3.74. The molecule has 0 unspecified atom stereocenters. The third-order valence-corrected chi connectivity index (χ3v) is 5.09. The first-order valence-corrected chi connectivity index (χ1v) is 9.84. The van der Waals surface area contributed by atoms with Crippen molar-refractivity contribution < 1.29 is 14.4 Å². The van der Waals surface area contributed by atoms with Crippen LogP contribution in [0, 0.1) is 0 Å². The van der Waals surface area contributed by atoms with Gasteiger partial charge in [-0.15, -0.1) is 0 Å². The molecule has 0 aliphatic rings. The van der Waals surface area contributed by atoms with Gasteiger partial charge >= 0.3 is 5.97 Å². The highest BCUT2D eigenvalue weighted by Crippen LogP contribution is 2.24. The van der Waals surface area contributed by atoms with Crippen LogP contribution in [0.2, 0.25) is 0 Å². The maximum Gasteiger partial charge on any atom is 0.336 e. The number of hydrogen-bond donors (Lipinski definition) is 1. The smallest absolute Gasteiger partial charge is 0.336 e. The SMILES string of the molecule is CCCCc1nc2nocc2c(=O)n1Cc1ccc(-c2ccccc2C(=O)O)cc1. The van der Waals surface area contributed by atoms with Gasteiger partial charge in [0.15, 0.2) is 0 Å². The van der Waals surface area contributed by atoms with Crippen LogP contribution in [0.25, 0.3) is 22.2 Å². The second-order valence-corrected chi connectivity index (χ2v) is 7.12. The zero-order valence-corrected chi connectivity index (χ0v) is 16.5. The Hall–Kier alpha value is -3.74. The topological polar surface area (TPSA) is 98.2 Å². The van der Waals surface area contributed by atoms with Crippen molar-refractivity contribution in [1.82, 2.24) is 14.7 Å². The minimum absolute atomic E-state index is 0.173.